The van der Waals surface area contributed by atoms with E-state index in [0.29, 0.717) is 12.1 Å². The summed E-state index contributed by atoms with van der Waals surface area (Å²) in [5.74, 6) is 0.693. The van der Waals surface area contributed by atoms with Gasteiger partial charge in [0.1, 0.15) is 0 Å². The summed E-state index contributed by atoms with van der Waals surface area (Å²) in [5, 5.41) is 3.26. The molecule has 24 heavy (non-hydrogen) atoms. The topological polar surface area (TPSA) is 62.8 Å². The molecule has 0 spiro atoms. The molecule has 134 valence electrons. The predicted molar refractivity (Wildman–Crippen MR) is 93.1 cm³/mol. The summed E-state index contributed by atoms with van der Waals surface area (Å²) in [6.45, 7) is 8.81. The lowest BCUT2D eigenvalue weighted by atomic mass is 10.2. The molecule has 2 saturated heterocycles. The Morgan fingerprint density at radius 2 is 1.96 bits per heavy atom. The van der Waals surface area contributed by atoms with Gasteiger partial charge in [0, 0.05) is 77.5 Å². The normalized spacial score (nSPS) is 22.8. The van der Waals surface area contributed by atoms with Crippen molar-refractivity contribution in [2.45, 2.75) is 25.5 Å². The van der Waals surface area contributed by atoms with E-state index in [1.54, 1.807) is 7.11 Å². The molecule has 0 amide bonds. The molecule has 0 radical (unpaired) electrons. The molecule has 7 heteroatoms. The number of rotatable bonds is 8. The zero-order valence-corrected chi connectivity index (χ0v) is 14.6. The average molecular weight is 335 g/mol. The standard InChI is InChI=1S/C17H29N5O2/c1-23-10-8-21-4-6-22(7-5-21)14-15-11-18-17(19-12-15)20-13-16-3-2-9-24-16/h11-12,16H,2-10,13-14H2,1H3,(H,18,19,20). The summed E-state index contributed by atoms with van der Waals surface area (Å²) < 4.78 is 10.7. The lowest BCUT2D eigenvalue weighted by molar-refractivity contribution is 0.0937. The quantitative estimate of drug-likeness (QED) is 0.755. The van der Waals surface area contributed by atoms with E-state index in [1.165, 1.54) is 5.56 Å². The predicted octanol–water partition coefficient (Wildman–Crippen LogP) is 0.832. The van der Waals surface area contributed by atoms with Gasteiger partial charge in [-0.15, -0.1) is 0 Å². The molecule has 2 aliphatic heterocycles. The number of piperazine rings is 1. The minimum atomic E-state index is 0.308. The number of anilines is 1. The molecule has 1 aromatic heterocycles. The third-order valence-corrected chi connectivity index (χ3v) is 4.70. The molecule has 2 aliphatic rings. The molecular formula is C17H29N5O2. The fourth-order valence-electron chi connectivity index (χ4n) is 3.19. The molecule has 1 unspecified atom stereocenters. The van der Waals surface area contributed by atoms with E-state index in [4.69, 9.17) is 9.47 Å². The summed E-state index contributed by atoms with van der Waals surface area (Å²) in [7, 11) is 1.76. The Hall–Kier alpha value is -1.28. The van der Waals surface area contributed by atoms with Gasteiger partial charge in [-0.25, -0.2) is 9.97 Å². The fraction of sp³-hybridized carbons (Fsp3) is 0.765. The van der Waals surface area contributed by atoms with Crippen LogP contribution >= 0.6 is 0 Å². The van der Waals surface area contributed by atoms with Crippen LogP contribution in [0.4, 0.5) is 5.95 Å². The van der Waals surface area contributed by atoms with Crippen molar-refractivity contribution in [1.82, 2.24) is 19.8 Å². The van der Waals surface area contributed by atoms with Gasteiger partial charge in [-0.05, 0) is 12.8 Å². The maximum absolute atomic E-state index is 5.60. The van der Waals surface area contributed by atoms with Crippen LogP contribution in [0.5, 0.6) is 0 Å². The van der Waals surface area contributed by atoms with Crippen LogP contribution in [0.2, 0.25) is 0 Å². The van der Waals surface area contributed by atoms with Crippen molar-refractivity contribution in [2.24, 2.45) is 0 Å². The van der Waals surface area contributed by atoms with Gasteiger partial charge < -0.3 is 14.8 Å². The monoisotopic (exact) mass is 335 g/mol. The summed E-state index contributed by atoms with van der Waals surface area (Å²) in [6.07, 6.45) is 6.46. The maximum atomic E-state index is 5.60. The van der Waals surface area contributed by atoms with Crippen LogP contribution in [0.15, 0.2) is 12.4 Å². The van der Waals surface area contributed by atoms with Crippen molar-refractivity contribution in [3.05, 3.63) is 18.0 Å². The Labute approximate surface area is 144 Å². The highest BCUT2D eigenvalue weighted by atomic mass is 16.5. The van der Waals surface area contributed by atoms with E-state index in [0.717, 1.165) is 71.9 Å². The molecule has 3 rings (SSSR count). The largest absolute Gasteiger partial charge is 0.383 e. The molecule has 7 nitrogen and oxygen atoms in total. The van der Waals surface area contributed by atoms with Crippen molar-refractivity contribution >= 4 is 5.95 Å². The van der Waals surface area contributed by atoms with Gasteiger partial charge >= 0.3 is 0 Å². The average Bonchev–Trinajstić information content (AvgIpc) is 3.14. The first-order chi connectivity index (χ1) is 11.8. The van der Waals surface area contributed by atoms with Gasteiger partial charge in [0.2, 0.25) is 5.95 Å². The number of methoxy groups -OCH3 is 1. The Kier molecular flexibility index (Phi) is 6.77. The highest BCUT2D eigenvalue weighted by Gasteiger charge is 2.17. The highest BCUT2D eigenvalue weighted by molar-refractivity contribution is 5.24. The van der Waals surface area contributed by atoms with Crippen LogP contribution in [-0.4, -0.2) is 85.5 Å². The first-order valence-corrected chi connectivity index (χ1v) is 8.93. The molecule has 0 aliphatic carbocycles. The zero-order valence-electron chi connectivity index (χ0n) is 14.6. The number of hydrogen-bond donors (Lipinski definition) is 1. The zero-order chi connectivity index (χ0) is 16.6. The van der Waals surface area contributed by atoms with E-state index in [9.17, 15) is 0 Å². The molecule has 1 N–H and O–H groups in total. The number of ether oxygens (including phenoxy) is 2. The molecular weight excluding hydrogens is 306 g/mol. The van der Waals surface area contributed by atoms with E-state index in [2.05, 4.69) is 25.1 Å². The van der Waals surface area contributed by atoms with Crippen molar-refractivity contribution < 1.29 is 9.47 Å². The Balaban J connectivity index is 1.38. The van der Waals surface area contributed by atoms with E-state index in [-0.39, 0.29) is 0 Å². The third-order valence-electron chi connectivity index (χ3n) is 4.70. The Morgan fingerprint density at radius 1 is 1.21 bits per heavy atom. The van der Waals surface area contributed by atoms with Crippen molar-refractivity contribution in [3.8, 4) is 0 Å². The first kappa shape index (κ1) is 17.5. The maximum Gasteiger partial charge on any atom is 0.222 e. The van der Waals surface area contributed by atoms with Crippen LogP contribution in [0.25, 0.3) is 0 Å². The molecule has 2 fully saturated rings. The molecule has 0 aromatic carbocycles. The molecule has 0 bridgehead atoms. The molecule has 0 saturated carbocycles. The van der Waals surface area contributed by atoms with Crippen LogP contribution in [0.1, 0.15) is 18.4 Å². The van der Waals surface area contributed by atoms with Gasteiger partial charge in [-0.1, -0.05) is 0 Å². The highest BCUT2D eigenvalue weighted by Crippen LogP contribution is 2.13. The minimum Gasteiger partial charge on any atom is -0.383 e. The van der Waals surface area contributed by atoms with E-state index < -0.39 is 0 Å². The molecule has 1 atom stereocenters. The lowest BCUT2D eigenvalue weighted by Crippen LogP contribution is -2.46. The van der Waals surface area contributed by atoms with Crippen molar-refractivity contribution in [1.29, 1.82) is 0 Å². The summed E-state index contributed by atoms with van der Waals surface area (Å²) in [6, 6.07) is 0. The number of nitrogens with zero attached hydrogens (tertiary/aromatic N) is 4. The lowest BCUT2D eigenvalue weighted by Gasteiger charge is -2.34. The summed E-state index contributed by atoms with van der Waals surface area (Å²) in [4.78, 5) is 13.8. The SMILES string of the molecule is COCCN1CCN(Cc2cnc(NCC3CCCO3)nc2)CC1. The second-order valence-electron chi connectivity index (χ2n) is 6.54. The summed E-state index contributed by atoms with van der Waals surface area (Å²) in [5.41, 5.74) is 1.17. The molecule has 3 heterocycles. The van der Waals surface area contributed by atoms with Gasteiger partial charge in [-0.2, -0.15) is 0 Å². The first-order valence-electron chi connectivity index (χ1n) is 8.93. The van der Waals surface area contributed by atoms with E-state index in [1.807, 2.05) is 12.4 Å². The number of hydrogen-bond acceptors (Lipinski definition) is 7. The Morgan fingerprint density at radius 3 is 2.62 bits per heavy atom. The van der Waals surface area contributed by atoms with Gasteiger partial charge in [0.25, 0.3) is 0 Å². The van der Waals surface area contributed by atoms with Gasteiger partial charge in [0.15, 0.2) is 0 Å². The number of aromatic nitrogens is 2. The minimum absolute atomic E-state index is 0.308. The van der Waals surface area contributed by atoms with Crippen molar-refractivity contribution in [3.63, 3.8) is 0 Å². The smallest absolute Gasteiger partial charge is 0.222 e. The van der Waals surface area contributed by atoms with Crippen LogP contribution in [-0.2, 0) is 16.0 Å². The van der Waals surface area contributed by atoms with Crippen molar-refractivity contribution in [2.75, 3.05) is 64.9 Å². The number of nitrogens with one attached hydrogen (secondary N) is 1. The Bertz CT molecular complexity index is 470. The van der Waals surface area contributed by atoms with Gasteiger partial charge in [-0.3, -0.25) is 9.80 Å². The fourth-order valence-corrected chi connectivity index (χ4v) is 3.19. The molecule has 1 aromatic rings. The second kappa shape index (κ2) is 9.27. The summed E-state index contributed by atoms with van der Waals surface area (Å²) >= 11 is 0. The van der Waals surface area contributed by atoms with Gasteiger partial charge in [0.05, 0.1) is 12.7 Å². The van der Waals surface area contributed by atoms with E-state index >= 15 is 0 Å². The van der Waals surface area contributed by atoms with Crippen LogP contribution in [0.3, 0.4) is 0 Å². The third kappa shape index (κ3) is 5.37. The van der Waals surface area contributed by atoms with Crippen LogP contribution < -0.4 is 5.32 Å². The second-order valence-corrected chi connectivity index (χ2v) is 6.54. The van der Waals surface area contributed by atoms with Crippen LogP contribution in [0, 0.1) is 0 Å².